The first-order chi connectivity index (χ1) is 12.1. The van der Waals surface area contributed by atoms with Crippen molar-refractivity contribution >= 4 is 17.5 Å². The zero-order valence-corrected chi connectivity index (χ0v) is 13.7. The maximum absolute atomic E-state index is 12.2. The summed E-state index contributed by atoms with van der Waals surface area (Å²) in [4.78, 5) is 25.0. The third kappa shape index (κ3) is 3.39. The van der Waals surface area contributed by atoms with Crippen molar-refractivity contribution in [3.05, 3.63) is 60.3 Å². The standard InChI is InChI=1S/C19H18N2O4/c1-25-17-11-14(7-8-15(17)13-5-3-2-4-6-13)20-16-12-18(23)21(9-10-22)19(16)24/h2-8,11-12,20,22H,9-10H2,1H3. The zero-order chi connectivity index (χ0) is 17.8. The van der Waals surface area contributed by atoms with Crippen molar-refractivity contribution < 1.29 is 19.4 Å². The van der Waals surface area contributed by atoms with Crippen LogP contribution in [-0.2, 0) is 9.59 Å². The van der Waals surface area contributed by atoms with Crippen molar-refractivity contribution in [3.8, 4) is 16.9 Å². The summed E-state index contributed by atoms with van der Waals surface area (Å²) >= 11 is 0. The van der Waals surface area contributed by atoms with Crippen molar-refractivity contribution in [2.24, 2.45) is 0 Å². The van der Waals surface area contributed by atoms with Crippen molar-refractivity contribution in [1.82, 2.24) is 4.90 Å². The number of ether oxygens (including phenoxy) is 1. The molecule has 2 aromatic carbocycles. The Kier molecular flexibility index (Phi) is 4.81. The maximum atomic E-state index is 12.2. The summed E-state index contributed by atoms with van der Waals surface area (Å²) in [5.41, 5.74) is 2.76. The lowest BCUT2D eigenvalue weighted by Crippen LogP contribution is -2.34. The molecule has 0 radical (unpaired) electrons. The van der Waals surface area contributed by atoms with Crippen LogP contribution in [0.1, 0.15) is 0 Å². The van der Waals surface area contributed by atoms with Gasteiger partial charge in [-0.2, -0.15) is 0 Å². The smallest absolute Gasteiger partial charge is 0.277 e. The molecule has 0 atom stereocenters. The van der Waals surface area contributed by atoms with Gasteiger partial charge >= 0.3 is 0 Å². The fraction of sp³-hybridized carbons (Fsp3) is 0.158. The van der Waals surface area contributed by atoms with Crippen LogP contribution in [0.3, 0.4) is 0 Å². The lowest BCUT2D eigenvalue weighted by atomic mass is 10.0. The number of anilines is 1. The van der Waals surface area contributed by atoms with Crippen molar-refractivity contribution in [3.63, 3.8) is 0 Å². The number of carbonyl (C=O) groups is 2. The maximum Gasteiger partial charge on any atom is 0.277 e. The number of nitrogens with zero attached hydrogens (tertiary/aromatic N) is 1. The van der Waals surface area contributed by atoms with Gasteiger partial charge in [-0.1, -0.05) is 30.3 Å². The largest absolute Gasteiger partial charge is 0.496 e. The van der Waals surface area contributed by atoms with Crippen molar-refractivity contribution in [2.45, 2.75) is 0 Å². The second-order valence-electron chi connectivity index (χ2n) is 5.48. The number of rotatable bonds is 6. The molecule has 1 aliphatic rings. The number of β-amino-alcohol motifs (C(OH)–C–C–N with tert-alkyl or cyclic N) is 1. The van der Waals surface area contributed by atoms with Crippen LogP contribution in [0.5, 0.6) is 5.75 Å². The van der Waals surface area contributed by atoms with Crippen LogP contribution in [0.15, 0.2) is 60.3 Å². The molecule has 0 bridgehead atoms. The minimum absolute atomic E-state index is 0.0182. The van der Waals surface area contributed by atoms with Gasteiger partial charge in [0.1, 0.15) is 11.4 Å². The van der Waals surface area contributed by atoms with Gasteiger partial charge < -0.3 is 15.2 Å². The number of amides is 2. The van der Waals surface area contributed by atoms with E-state index in [0.717, 1.165) is 16.0 Å². The molecule has 0 fully saturated rings. The summed E-state index contributed by atoms with van der Waals surface area (Å²) < 4.78 is 5.46. The second kappa shape index (κ2) is 7.19. The number of methoxy groups -OCH3 is 1. The Morgan fingerprint density at radius 3 is 2.56 bits per heavy atom. The van der Waals surface area contributed by atoms with Crippen LogP contribution < -0.4 is 10.1 Å². The number of nitrogens with one attached hydrogen (secondary N) is 1. The first-order valence-corrected chi connectivity index (χ1v) is 7.83. The van der Waals surface area contributed by atoms with Crippen molar-refractivity contribution in [1.29, 1.82) is 0 Å². The van der Waals surface area contributed by atoms with E-state index in [1.807, 2.05) is 42.5 Å². The van der Waals surface area contributed by atoms with Gasteiger partial charge in [-0.3, -0.25) is 14.5 Å². The predicted molar refractivity (Wildman–Crippen MR) is 93.9 cm³/mol. The minimum atomic E-state index is -0.454. The highest BCUT2D eigenvalue weighted by atomic mass is 16.5. The van der Waals surface area contributed by atoms with Gasteiger partial charge in [-0.25, -0.2) is 0 Å². The van der Waals surface area contributed by atoms with E-state index < -0.39 is 11.8 Å². The lowest BCUT2D eigenvalue weighted by Gasteiger charge is -2.15. The average molecular weight is 338 g/mol. The number of benzene rings is 2. The predicted octanol–water partition coefficient (Wildman–Crippen LogP) is 2.02. The monoisotopic (exact) mass is 338 g/mol. The summed E-state index contributed by atoms with van der Waals surface area (Å²) in [6, 6.07) is 15.3. The number of hydrogen-bond donors (Lipinski definition) is 2. The van der Waals surface area contributed by atoms with Crippen LogP contribution >= 0.6 is 0 Å². The first-order valence-electron chi connectivity index (χ1n) is 7.83. The number of carbonyl (C=O) groups excluding carboxylic acids is 2. The zero-order valence-electron chi connectivity index (χ0n) is 13.7. The van der Waals surface area contributed by atoms with E-state index in [4.69, 9.17) is 9.84 Å². The number of imide groups is 1. The molecule has 0 saturated carbocycles. The molecule has 2 aromatic rings. The lowest BCUT2D eigenvalue weighted by molar-refractivity contribution is -0.137. The quantitative estimate of drug-likeness (QED) is 0.788. The molecular weight excluding hydrogens is 320 g/mol. The fourth-order valence-corrected chi connectivity index (χ4v) is 2.69. The molecule has 0 aromatic heterocycles. The molecule has 128 valence electrons. The molecule has 0 saturated heterocycles. The van der Waals surface area contributed by atoms with Crippen LogP contribution in [0.2, 0.25) is 0 Å². The Morgan fingerprint density at radius 1 is 1.12 bits per heavy atom. The third-order valence-corrected chi connectivity index (χ3v) is 3.90. The SMILES string of the molecule is COc1cc(NC2=CC(=O)N(CCO)C2=O)ccc1-c1ccccc1. The molecule has 0 aliphatic carbocycles. The van der Waals surface area contributed by atoms with E-state index in [9.17, 15) is 9.59 Å². The number of aliphatic hydroxyl groups excluding tert-OH is 1. The van der Waals surface area contributed by atoms with Crippen LogP contribution in [0, 0.1) is 0 Å². The molecule has 6 nitrogen and oxygen atoms in total. The van der Waals surface area contributed by atoms with Gasteiger partial charge in [-0.15, -0.1) is 0 Å². The Balaban J connectivity index is 1.84. The molecule has 25 heavy (non-hydrogen) atoms. The van der Waals surface area contributed by atoms with Gasteiger partial charge in [0.25, 0.3) is 11.8 Å². The van der Waals surface area contributed by atoms with Crippen LogP contribution in [-0.4, -0.2) is 42.1 Å². The minimum Gasteiger partial charge on any atom is -0.496 e. The van der Waals surface area contributed by atoms with E-state index in [-0.39, 0.29) is 18.8 Å². The topological polar surface area (TPSA) is 78.9 Å². The van der Waals surface area contributed by atoms with Crippen LogP contribution in [0.25, 0.3) is 11.1 Å². The van der Waals surface area contributed by atoms with Gasteiger partial charge in [0.15, 0.2) is 0 Å². The van der Waals surface area contributed by atoms with Gasteiger partial charge in [0.05, 0.1) is 20.3 Å². The Hall–Kier alpha value is -3.12. The van der Waals surface area contributed by atoms with E-state index >= 15 is 0 Å². The fourth-order valence-electron chi connectivity index (χ4n) is 2.69. The summed E-state index contributed by atoms with van der Waals surface area (Å²) in [7, 11) is 1.58. The van der Waals surface area contributed by atoms with Gasteiger partial charge in [-0.05, 0) is 17.7 Å². The van der Waals surface area contributed by atoms with Crippen LogP contribution in [0.4, 0.5) is 5.69 Å². The highest BCUT2D eigenvalue weighted by molar-refractivity contribution is 6.17. The van der Waals surface area contributed by atoms with E-state index in [1.54, 1.807) is 13.2 Å². The Labute approximate surface area is 145 Å². The van der Waals surface area contributed by atoms with E-state index in [1.165, 1.54) is 6.08 Å². The average Bonchev–Trinajstić information content (AvgIpc) is 2.90. The van der Waals surface area contributed by atoms with E-state index in [2.05, 4.69) is 5.32 Å². The number of hydrogen-bond acceptors (Lipinski definition) is 5. The second-order valence-corrected chi connectivity index (χ2v) is 5.48. The van der Waals surface area contributed by atoms with Crippen molar-refractivity contribution in [2.75, 3.05) is 25.6 Å². The summed E-state index contributed by atoms with van der Waals surface area (Å²) in [5, 5.41) is 11.9. The molecule has 2 N–H and O–H groups in total. The Bertz CT molecular complexity index is 831. The molecule has 0 spiro atoms. The summed E-state index contributed by atoms with van der Waals surface area (Å²) in [6.07, 6.45) is 1.23. The normalized spacial score (nSPS) is 13.8. The molecular formula is C19H18N2O4. The summed E-state index contributed by atoms with van der Waals surface area (Å²) in [6.45, 7) is -0.284. The molecule has 1 heterocycles. The highest BCUT2D eigenvalue weighted by Crippen LogP contribution is 2.33. The molecule has 2 amide bonds. The Morgan fingerprint density at radius 2 is 1.88 bits per heavy atom. The molecule has 3 rings (SSSR count). The van der Waals surface area contributed by atoms with E-state index in [0.29, 0.717) is 11.4 Å². The molecule has 0 unspecified atom stereocenters. The third-order valence-electron chi connectivity index (χ3n) is 3.90. The van der Waals surface area contributed by atoms with Gasteiger partial charge in [0, 0.05) is 23.4 Å². The highest BCUT2D eigenvalue weighted by Gasteiger charge is 2.30. The first kappa shape index (κ1) is 16.7. The number of aliphatic hydroxyl groups is 1. The van der Waals surface area contributed by atoms with Gasteiger partial charge in [0.2, 0.25) is 0 Å². The molecule has 6 heteroatoms. The summed E-state index contributed by atoms with van der Waals surface area (Å²) in [5.74, 6) is -0.236. The molecule has 1 aliphatic heterocycles.